The van der Waals surface area contributed by atoms with Crippen molar-refractivity contribution in [1.29, 1.82) is 0 Å². The normalized spacial score (nSPS) is 12.8. The molecule has 1 N–H and O–H groups in total. The van der Waals surface area contributed by atoms with Gasteiger partial charge < -0.3 is 10.0 Å². The molecule has 21 heavy (non-hydrogen) atoms. The average Bonchev–Trinajstić information content (AvgIpc) is 2.77. The molecule has 0 radical (unpaired) electrons. The summed E-state index contributed by atoms with van der Waals surface area (Å²) in [7, 11) is 0. The van der Waals surface area contributed by atoms with E-state index in [4.69, 9.17) is 5.11 Å². The fourth-order valence-electron chi connectivity index (χ4n) is 2.43. The van der Waals surface area contributed by atoms with Crippen molar-refractivity contribution in [1.82, 2.24) is 0 Å². The van der Waals surface area contributed by atoms with Crippen LogP contribution in [0.25, 0.3) is 0 Å². The Morgan fingerprint density at radius 2 is 1.76 bits per heavy atom. The van der Waals surface area contributed by atoms with Gasteiger partial charge in [0.25, 0.3) is 5.91 Å². The van der Waals surface area contributed by atoms with Crippen molar-refractivity contribution < 1.29 is 14.7 Å². The molecule has 0 saturated carbocycles. The van der Waals surface area contributed by atoms with Gasteiger partial charge in [-0.25, -0.2) is 0 Å². The maximum absolute atomic E-state index is 12.3. The van der Waals surface area contributed by atoms with Crippen LogP contribution in [-0.4, -0.2) is 17.0 Å². The largest absolute Gasteiger partial charge is 0.481 e. The summed E-state index contributed by atoms with van der Waals surface area (Å²) in [5, 5.41) is 8.74. The van der Waals surface area contributed by atoms with Gasteiger partial charge in [-0.3, -0.25) is 9.59 Å². The van der Waals surface area contributed by atoms with Crippen LogP contribution in [-0.2, 0) is 17.8 Å². The molecule has 2 aromatic carbocycles. The van der Waals surface area contributed by atoms with Crippen LogP contribution in [0.2, 0.25) is 0 Å². The molecule has 0 fully saturated rings. The number of nitrogens with zero attached hydrogens (tertiary/aromatic N) is 1. The Bertz CT molecular complexity index is 677. The van der Waals surface area contributed by atoms with E-state index in [1.807, 2.05) is 24.3 Å². The third kappa shape index (κ3) is 2.79. The predicted molar refractivity (Wildman–Crippen MR) is 81.5 cm³/mol. The number of carbonyl (C=O) groups is 2. The molecule has 1 heterocycles. The number of carbonyl (C=O) groups excluding carboxylic acids is 1. The monoisotopic (exact) mass is 283 g/mol. The zero-order valence-electron chi connectivity index (χ0n) is 10.7. The summed E-state index contributed by atoms with van der Waals surface area (Å²) in [5.41, 5.74) is 3.28. The van der Waals surface area contributed by atoms with Crippen LogP contribution < -0.4 is 4.90 Å². The summed E-state index contributed by atoms with van der Waals surface area (Å²) >= 11 is 0. The molecule has 0 bridgehead atoms. The van der Waals surface area contributed by atoms with Gasteiger partial charge in [0.2, 0.25) is 0 Å². The highest BCUT2D eigenvalue weighted by molar-refractivity contribution is 6.09. The second kappa shape index (κ2) is 5.79. The van der Waals surface area contributed by atoms with Crippen molar-refractivity contribution >= 4 is 17.6 Å². The molecule has 1 amide bonds. The van der Waals surface area contributed by atoms with Crippen LogP contribution >= 0.6 is 0 Å². The zero-order valence-corrected chi connectivity index (χ0v) is 10.7. The van der Waals surface area contributed by atoms with Crippen LogP contribution in [0.5, 0.6) is 0 Å². The van der Waals surface area contributed by atoms with E-state index in [1.165, 1.54) is 0 Å². The Kier molecular flexibility index (Phi) is 4.08. The fourth-order valence-corrected chi connectivity index (χ4v) is 2.43. The Balaban J connectivity index is 0.00000161. The van der Waals surface area contributed by atoms with E-state index >= 15 is 0 Å². The molecule has 4 heteroatoms. The molecule has 2 aromatic rings. The third-order valence-electron chi connectivity index (χ3n) is 3.42. The Labute approximate surface area is 123 Å². The highest BCUT2D eigenvalue weighted by Crippen LogP contribution is 2.28. The molecule has 0 aliphatic carbocycles. The summed E-state index contributed by atoms with van der Waals surface area (Å²) < 4.78 is 0. The minimum absolute atomic E-state index is 0. The molecule has 4 nitrogen and oxygen atoms in total. The Morgan fingerprint density at radius 1 is 1.10 bits per heavy atom. The quantitative estimate of drug-likeness (QED) is 0.941. The summed E-state index contributed by atoms with van der Waals surface area (Å²) in [6.45, 7) is 0.563. The van der Waals surface area contributed by atoms with Crippen LogP contribution in [0.3, 0.4) is 0 Å². The van der Waals surface area contributed by atoms with E-state index in [9.17, 15) is 9.59 Å². The van der Waals surface area contributed by atoms with Crippen molar-refractivity contribution in [2.75, 3.05) is 4.90 Å². The van der Waals surface area contributed by atoms with Crippen LogP contribution in [0.1, 0.15) is 28.9 Å². The number of anilines is 1. The molecular weight excluding hydrogens is 266 g/mol. The van der Waals surface area contributed by atoms with E-state index in [1.54, 1.807) is 29.2 Å². The van der Waals surface area contributed by atoms with E-state index in [0.717, 1.165) is 22.4 Å². The molecule has 3 rings (SSSR count). The molecule has 0 unspecified atom stereocenters. The Hall–Kier alpha value is -2.62. The first kappa shape index (κ1) is 14.8. The number of carboxylic acids is 1. The second-order valence-corrected chi connectivity index (χ2v) is 4.79. The summed E-state index contributed by atoms with van der Waals surface area (Å²) in [4.78, 5) is 24.6. The lowest BCUT2D eigenvalue weighted by Gasteiger charge is -2.16. The van der Waals surface area contributed by atoms with Crippen molar-refractivity contribution in [3.63, 3.8) is 0 Å². The van der Waals surface area contributed by atoms with E-state index in [2.05, 4.69) is 0 Å². The van der Waals surface area contributed by atoms with Crippen molar-refractivity contribution in [2.45, 2.75) is 20.4 Å². The number of rotatable bonds is 3. The fraction of sp³-hybridized carbons (Fsp3) is 0.176. The average molecular weight is 283 g/mol. The van der Waals surface area contributed by atoms with Crippen molar-refractivity contribution in [2.24, 2.45) is 0 Å². The first-order valence-electron chi connectivity index (χ1n) is 6.35. The van der Waals surface area contributed by atoms with Crippen molar-refractivity contribution in [3.05, 3.63) is 65.2 Å². The summed E-state index contributed by atoms with van der Waals surface area (Å²) in [5.74, 6) is -0.867. The maximum atomic E-state index is 12.3. The summed E-state index contributed by atoms with van der Waals surface area (Å²) in [6, 6.07) is 14.6. The highest BCUT2D eigenvalue weighted by Gasteiger charge is 2.27. The molecule has 108 valence electrons. The number of fused-ring (bicyclic) bond motifs is 1. The van der Waals surface area contributed by atoms with Gasteiger partial charge in [-0.1, -0.05) is 37.8 Å². The van der Waals surface area contributed by atoms with E-state index in [-0.39, 0.29) is 19.8 Å². The predicted octanol–water partition coefficient (Wildman–Crippen LogP) is 3.11. The van der Waals surface area contributed by atoms with Crippen LogP contribution in [0.15, 0.2) is 48.5 Å². The first-order valence-corrected chi connectivity index (χ1v) is 6.35. The van der Waals surface area contributed by atoms with Crippen molar-refractivity contribution in [3.8, 4) is 0 Å². The van der Waals surface area contributed by atoms with Gasteiger partial charge in [0.1, 0.15) is 0 Å². The number of carboxylic acid groups (broad SMARTS) is 1. The van der Waals surface area contributed by atoms with E-state index in [0.29, 0.717) is 6.54 Å². The second-order valence-electron chi connectivity index (χ2n) is 4.79. The number of hydrogen-bond donors (Lipinski definition) is 1. The lowest BCUT2D eigenvalue weighted by Crippen LogP contribution is -2.22. The molecule has 0 aromatic heterocycles. The maximum Gasteiger partial charge on any atom is 0.307 e. The number of aliphatic carboxylic acids is 1. The number of hydrogen-bond acceptors (Lipinski definition) is 2. The van der Waals surface area contributed by atoms with Gasteiger partial charge in [-0.15, -0.1) is 0 Å². The minimum Gasteiger partial charge on any atom is -0.481 e. The standard InChI is InChI=1S/C16H13NO3.CH4/c18-15(19)9-11-5-7-13(8-6-11)17-10-12-3-1-2-4-14(12)16(17)20;/h1-8H,9-10H2,(H,18,19);1H4. The van der Waals surface area contributed by atoms with Gasteiger partial charge in [0.15, 0.2) is 0 Å². The topological polar surface area (TPSA) is 57.6 Å². The number of benzene rings is 2. The molecule has 0 atom stereocenters. The van der Waals surface area contributed by atoms with Gasteiger partial charge in [0, 0.05) is 11.3 Å². The van der Waals surface area contributed by atoms with Crippen LogP contribution in [0, 0.1) is 0 Å². The molecule has 1 aliphatic heterocycles. The number of amides is 1. The van der Waals surface area contributed by atoms with Gasteiger partial charge in [-0.05, 0) is 29.3 Å². The van der Waals surface area contributed by atoms with Crippen LogP contribution in [0.4, 0.5) is 5.69 Å². The van der Waals surface area contributed by atoms with Gasteiger partial charge in [0.05, 0.1) is 13.0 Å². The molecular formula is C17H17NO3. The molecule has 1 aliphatic rings. The third-order valence-corrected chi connectivity index (χ3v) is 3.42. The van der Waals surface area contributed by atoms with Gasteiger partial charge >= 0.3 is 5.97 Å². The van der Waals surface area contributed by atoms with Gasteiger partial charge in [-0.2, -0.15) is 0 Å². The SMILES string of the molecule is C.O=C(O)Cc1ccc(N2Cc3ccccc3C2=O)cc1. The van der Waals surface area contributed by atoms with E-state index < -0.39 is 5.97 Å². The summed E-state index contributed by atoms with van der Waals surface area (Å²) in [6.07, 6.45) is -0.00550. The minimum atomic E-state index is -0.859. The smallest absolute Gasteiger partial charge is 0.307 e. The Morgan fingerprint density at radius 3 is 2.38 bits per heavy atom. The lowest BCUT2D eigenvalue weighted by molar-refractivity contribution is -0.136. The highest BCUT2D eigenvalue weighted by atomic mass is 16.4. The first-order chi connectivity index (χ1) is 9.65. The lowest BCUT2D eigenvalue weighted by atomic mass is 10.1. The molecule has 0 saturated heterocycles. The molecule has 0 spiro atoms. The zero-order chi connectivity index (χ0) is 14.1.